The van der Waals surface area contributed by atoms with Gasteiger partial charge in [0.2, 0.25) is 0 Å². The summed E-state index contributed by atoms with van der Waals surface area (Å²) in [5.41, 5.74) is 0.370. The summed E-state index contributed by atoms with van der Waals surface area (Å²) in [6.45, 7) is 7.60. The lowest BCUT2D eigenvalue weighted by molar-refractivity contribution is 0.162. The van der Waals surface area contributed by atoms with Gasteiger partial charge in [0.25, 0.3) is 0 Å². The van der Waals surface area contributed by atoms with E-state index in [4.69, 9.17) is 0 Å². The van der Waals surface area contributed by atoms with Crippen LogP contribution in [0.15, 0.2) is 0 Å². The predicted octanol–water partition coefficient (Wildman–Crippen LogP) is 2.23. The number of aliphatic hydroxyl groups is 1. The van der Waals surface area contributed by atoms with E-state index in [-0.39, 0.29) is 12.1 Å². The Labute approximate surface area is 111 Å². The lowest BCUT2D eigenvalue weighted by Crippen LogP contribution is -2.41. The maximum Gasteiger partial charge on any atom is 0.317 e. The van der Waals surface area contributed by atoms with E-state index in [1.54, 1.807) is 18.9 Å². The second-order valence-electron chi connectivity index (χ2n) is 6.32. The van der Waals surface area contributed by atoms with Gasteiger partial charge in [0, 0.05) is 20.1 Å². The molecule has 18 heavy (non-hydrogen) atoms. The lowest BCUT2D eigenvalue weighted by Gasteiger charge is -2.22. The molecule has 0 aromatic rings. The molecule has 1 unspecified atom stereocenters. The van der Waals surface area contributed by atoms with Crippen molar-refractivity contribution in [1.82, 2.24) is 10.2 Å². The molecule has 1 aliphatic carbocycles. The molecule has 0 bridgehead atoms. The van der Waals surface area contributed by atoms with Crippen molar-refractivity contribution in [2.24, 2.45) is 11.3 Å². The number of amides is 2. The number of carbonyl (C=O) groups excluding carboxylic acids is 1. The molecule has 1 rings (SSSR count). The summed E-state index contributed by atoms with van der Waals surface area (Å²) in [4.78, 5) is 13.5. The molecule has 1 aliphatic rings. The van der Waals surface area contributed by atoms with Gasteiger partial charge in [-0.3, -0.25) is 0 Å². The van der Waals surface area contributed by atoms with Crippen LogP contribution in [0, 0.1) is 11.3 Å². The molecule has 106 valence electrons. The Bertz CT molecular complexity index is 273. The van der Waals surface area contributed by atoms with E-state index < -0.39 is 0 Å². The molecule has 2 amide bonds. The number of rotatable bonds is 7. The highest BCUT2D eigenvalue weighted by Gasteiger charge is 2.42. The average molecular weight is 256 g/mol. The molecular weight excluding hydrogens is 228 g/mol. The number of nitrogens with one attached hydrogen (secondary N) is 1. The highest BCUT2D eigenvalue weighted by atomic mass is 16.3. The first kappa shape index (κ1) is 15.3. The van der Waals surface area contributed by atoms with Gasteiger partial charge in [0.15, 0.2) is 0 Å². The summed E-state index contributed by atoms with van der Waals surface area (Å²) in [6.07, 6.45) is 3.95. The number of carbonyl (C=O) groups is 1. The highest BCUT2D eigenvalue weighted by molar-refractivity contribution is 5.73. The van der Waals surface area contributed by atoms with Crippen LogP contribution in [0.2, 0.25) is 0 Å². The Balaban J connectivity index is 2.24. The first-order valence-corrected chi connectivity index (χ1v) is 7.02. The monoisotopic (exact) mass is 256 g/mol. The van der Waals surface area contributed by atoms with Crippen molar-refractivity contribution in [3.05, 3.63) is 0 Å². The van der Waals surface area contributed by atoms with Crippen LogP contribution in [-0.4, -0.2) is 42.3 Å². The number of nitrogens with zero attached hydrogens (tertiary/aromatic N) is 1. The first-order valence-electron chi connectivity index (χ1n) is 7.02. The molecule has 1 fully saturated rings. The third-order valence-corrected chi connectivity index (χ3v) is 3.64. The summed E-state index contributed by atoms with van der Waals surface area (Å²) in [5, 5.41) is 12.2. The van der Waals surface area contributed by atoms with Gasteiger partial charge in [0.1, 0.15) is 0 Å². The van der Waals surface area contributed by atoms with Crippen LogP contribution < -0.4 is 5.32 Å². The van der Waals surface area contributed by atoms with Gasteiger partial charge in [-0.25, -0.2) is 4.79 Å². The molecule has 1 saturated carbocycles. The predicted molar refractivity (Wildman–Crippen MR) is 73.4 cm³/mol. The zero-order chi connectivity index (χ0) is 13.8. The van der Waals surface area contributed by atoms with Crippen molar-refractivity contribution in [3.8, 4) is 0 Å². The fourth-order valence-electron chi connectivity index (χ4n) is 2.38. The standard InChI is InChI=1S/C14H28N2O2/c1-11(2)9-14(6-7-14)10-15-13(18)16(4)8-5-12(3)17/h11-12,17H,5-10H2,1-4H3,(H,15,18). The maximum atomic E-state index is 11.8. The normalized spacial score (nSPS) is 18.6. The van der Waals surface area contributed by atoms with Crippen molar-refractivity contribution in [1.29, 1.82) is 0 Å². The topological polar surface area (TPSA) is 52.6 Å². The molecule has 0 aromatic heterocycles. The van der Waals surface area contributed by atoms with Gasteiger partial charge in [-0.1, -0.05) is 13.8 Å². The quantitative estimate of drug-likeness (QED) is 0.734. The number of aliphatic hydroxyl groups excluding tert-OH is 1. The smallest absolute Gasteiger partial charge is 0.317 e. The molecule has 0 spiro atoms. The van der Waals surface area contributed by atoms with Crippen LogP contribution in [0.5, 0.6) is 0 Å². The Morgan fingerprint density at radius 2 is 2.00 bits per heavy atom. The Hall–Kier alpha value is -0.770. The zero-order valence-electron chi connectivity index (χ0n) is 12.2. The summed E-state index contributed by atoms with van der Waals surface area (Å²) >= 11 is 0. The van der Waals surface area contributed by atoms with Crippen LogP contribution in [0.4, 0.5) is 4.79 Å². The molecule has 1 atom stereocenters. The summed E-state index contributed by atoms with van der Waals surface area (Å²) in [6, 6.07) is -0.0225. The minimum Gasteiger partial charge on any atom is -0.393 e. The van der Waals surface area contributed by atoms with Crippen LogP contribution >= 0.6 is 0 Å². The van der Waals surface area contributed by atoms with Crippen molar-refractivity contribution < 1.29 is 9.90 Å². The van der Waals surface area contributed by atoms with Crippen LogP contribution in [0.25, 0.3) is 0 Å². The molecule has 4 nitrogen and oxygen atoms in total. The van der Waals surface area contributed by atoms with Crippen molar-refractivity contribution in [3.63, 3.8) is 0 Å². The maximum absolute atomic E-state index is 11.8. The Morgan fingerprint density at radius 3 is 2.44 bits per heavy atom. The third kappa shape index (κ3) is 5.25. The molecule has 2 N–H and O–H groups in total. The first-order chi connectivity index (χ1) is 8.34. The van der Waals surface area contributed by atoms with Gasteiger partial charge in [-0.05, 0) is 43.9 Å². The molecule has 0 radical (unpaired) electrons. The van der Waals surface area contributed by atoms with Crippen LogP contribution in [0.3, 0.4) is 0 Å². The second-order valence-corrected chi connectivity index (χ2v) is 6.32. The molecule has 0 heterocycles. The molecule has 4 heteroatoms. The highest BCUT2D eigenvalue weighted by Crippen LogP contribution is 2.49. The van der Waals surface area contributed by atoms with E-state index in [1.807, 2.05) is 0 Å². The summed E-state index contributed by atoms with van der Waals surface area (Å²) in [7, 11) is 1.78. The van der Waals surface area contributed by atoms with Crippen LogP contribution in [0.1, 0.15) is 46.5 Å². The largest absolute Gasteiger partial charge is 0.393 e. The van der Waals surface area contributed by atoms with E-state index in [9.17, 15) is 9.90 Å². The molecule has 0 aromatic carbocycles. The zero-order valence-corrected chi connectivity index (χ0v) is 12.2. The minimum absolute atomic E-state index is 0.0225. The summed E-state index contributed by atoms with van der Waals surface area (Å²) in [5.74, 6) is 0.692. The molecule has 0 aliphatic heterocycles. The number of hydrogen-bond donors (Lipinski definition) is 2. The average Bonchev–Trinajstić information content (AvgIpc) is 3.02. The second kappa shape index (κ2) is 6.41. The van der Waals surface area contributed by atoms with Gasteiger partial charge < -0.3 is 15.3 Å². The van der Waals surface area contributed by atoms with E-state index >= 15 is 0 Å². The fourth-order valence-corrected chi connectivity index (χ4v) is 2.38. The van der Waals surface area contributed by atoms with E-state index in [0.717, 1.165) is 6.54 Å². The van der Waals surface area contributed by atoms with Crippen LogP contribution in [-0.2, 0) is 0 Å². The third-order valence-electron chi connectivity index (χ3n) is 3.64. The van der Waals surface area contributed by atoms with Crippen molar-refractivity contribution >= 4 is 6.03 Å². The van der Waals surface area contributed by atoms with Gasteiger partial charge in [0.05, 0.1) is 6.10 Å². The van der Waals surface area contributed by atoms with Gasteiger partial charge >= 0.3 is 6.03 Å². The minimum atomic E-state index is -0.351. The van der Waals surface area contributed by atoms with Crippen molar-refractivity contribution in [2.45, 2.75) is 52.6 Å². The van der Waals surface area contributed by atoms with Gasteiger partial charge in [-0.2, -0.15) is 0 Å². The lowest BCUT2D eigenvalue weighted by atomic mass is 9.94. The van der Waals surface area contributed by atoms with E-state index in [2.05, 4.69) is 19.2 Å². The SMILES string of the molecule is CC(C)CC1(CNC(=O)N(C)CCC(C)O)CC1. The van der Waals surface area contributed by atoms with E-state index in [0.29, 0.717) is 24.3 Å². The van der Waals surface area contributed by atoms with Crippen molar-refractivity contribution in [2.75, 3.05) is 20.1 Å². The van der Waals surface area contributed by atoms with E-state index in [1.165, 1.54) is 19.3 Å². The molecular formula is C14H28N2O2. The van der Waals surface area contributed by atoms with Gasteiger partial charge in [-0.15, -0.1) is 0 Å². The fraction of sp³-hybridized carbons (Fsp3) is 0.929. The Morgan fingerprint density at radius 1 is 1.39 bits per heavy atom. The summed E-state index contributed by atoms with van der Waals surface area (Å²) < 4.78 is 0. The number of urea groups is 1. The Kier molecular flexibility index (Phi) is 5.45. The number of hydrogen-bond acceptors (Lipinski definition) is 2. The molecule has 0 saturated heterocycles.